The van der Waals surface area contributed by atoms with Crippen LogP contribution >= 0.6 is 0 Å². The molecule has 2 saturated carbocycles. The minimum Gasteiger partial charge on any atom is -0.329 e. The molecule has 2 aliphatic rings. The van der Waals surface area contributed by atoms with E-state index in [1.165, 1.54) is 51.5 Å². The van der Waals surface area contributed by atoms with Crippen LogP contribution in [0, 0.1) is 11.8 Å². The second-order valence-electron chi connectivity index (χ2n) is 6.52. The molecule has 1 unspecified atom stereocenters. The zero-order valence-electron chi connectivity index (χ0n) is 11.7. The van der Waals surface area contributed by atoms with Crippen LogP contribution < -0.4 is 5.73 Å². The maximum absolute atomic E-state index is 6.09. The standard InChI is InChI=1S/C15H30N2/c1-12(2)11-17(14-8-3-4-9-14)15(10-16)13-6-5-7-13/h12-15H,3-11,16H2,1-2H3. The summed E-state index contributed by atoms with van der Waals surface area (Å²) in [6.45, 7) is 6.81. The van der Waals surface area contributed by atoms with E-state index in [1.54, 1.807) is 0 Å². The molecular weight excluding hydrogens is 208 g/mol. The van der Waals surface area contributed by atoms with Gasteiger partial charge in [0.1, 0.15) is 0 Å². The van der Waals surface area contributed by atoms with Crippen molar-refractivity contribution in [2.45, 2.75) is 70.9 Å². The van der Waals surface area contributed by atoms with Crippen molar-refractivity contribution < 1.29 is 0 Å². The van der Waals surface area contributed by atoms with Crippen LogP contribution in [0.1, 0.15) is 58.8 Å². The molecule has 0 aromatic rings. The lowest BCUT2D eigenvalue weighted by atomic mass is 9.78. The van der Waals surface area contributed by atoms with Gasteiger partial charge in [-0.1, -0.05) is 33.1 Å². The number of hydrogen-bond donors (Lipinski definition) is 1. The summed E-state index contributed by atoms with van der Waals surface area (Å²) >= 11 is 0. The van der Waals surface area contributed by atoms with E-state index in [9.17, 15) is 0 Å². The molecule has 0 amide bonds. The summed E-state index contributed by atoms with van der Waals surface area (Å²) < 4.78 is 0. The van der Waals surface area contributed by atoms with E-state index in [0.29, 0.717) is 6.04 Å². The fourth-order valence-electron chi connectivity index (χ4n) is 3.64. The van der Waals surface area contributed by atoms with Crippen LogP contribution in [0.5, 0.6) is 0 Å². The van der Waals surface area contributed by atoms with Gasteiger partial charge in [0.05, 0.1) is 0 Å². The molecule has 2 fully saturated rings. The molecule has 0 aromatic heterocycles. The van der Waals surface area contributed by atoms with E-state index in [-0.39, 0.29) is 0 Å². The maximum Gasteiger partial charge on any atom is 0.0249 e. The minimum atomic E-state index is 0.675. The third-order valence-electron chi connectivity index (χ3n) is 4.73. The highest BCUT2D eigenvalue weighted by molar-refractivity contribution is 4.90. The highest BCUT2D eigenvalue weighted by Crippen LogP contribution is 2.35. The maximum atomic E-state index is 6.09. The fraction of sp³-hybridized carbons (Fsp3) is 1.00. The van der Waals surface area contributed by atoms with Crippen LogP contribution in [-0.4, -0.2) is 30.1 Å². The van der Waals surface area contributed by atoms with Crippen molar-refractivity contribution in [3.63, 3.8) is 0 Å². The summed E-state index contributed by atoms with van der Waals surface area (Å²) in [6, 6.07) is 1.51. The Morgan fingerprint density at radius 2 is 1.71 bits per heavy atom. The molecule has 2 heteroatoms. The van der Waals surface area contributed by atoms with E-state index < -0.39 is 0 Å². The average Bonchev–Trinajstić information content (AvgIpc) is 2.72. The van der Waals surface area contributed by atoms with Crippen LogP contribution in [0.2, 0.25) is 0 Å². The molecule has 2 aliphatic carbocycles. The molecule has 0 heterocycles. The molecule has 2 rings (SSSR count). The summed E-state index contributed by atoms with van der Waals surface area (Å²) in [6.07, 6.45) is 9.96. The van der Waals surface area contributed by atoms with Gasteiger partial charge < -0.3 is 5.73 Å². The second kappa shape index (κ2) is 6.19. The van der Waals surface area contributed by atoms with E-state index in [4.69, 9.17) is 5.73 Å². The first kappa shape index (κ1) is 13.4. The Balaban J connectivity index is 2.00. The lowest BCUT2D eigenvalue weighted by Crippen LogP contribution is -2.52. The van der Waals surface area contributed by atoms with Crippen molar-refractivity contribution in [2.24, 2.45) is 17.6 Å². The van der Waals surface area contributed by atoms with E-state index in [1.807, 2.05) is 0 Å². The summed E-state index contributed by atoms with van der Waals surface area (Å²) in [5.74, 6) is 1.67. The Morgan fingerprint density at radius 1 is 1.06 bits per heavy atom. The van der Waals surface area contributed by atoms with Gasteiger partial charge in [-0.15, -0.1) is 0 Å². The van der Waals surface area contributed by atoms with Crippen molar-refractivity contribution >= 4 is 0 Å². The van der Waals surface area contributed by atoms with E-state index in [2.05, 4.69) is 18.7 Å². The molecule has 0 saturated heterocycles. The molecule has 0 bridgehead atoms. The summed E-state index contributed by atoms with van der Waals surface area (Å²) in [5.41, 5.74) is 6.09. The van der Waals surface area contributed by atoms with Gasteiger partial charge in [-0.05, 0) is 37.5 Å². The molecule has 17 heavy (non-hydrogen) atoms. The minimum absolute atomic E-state index is 0.675. The Kier molecular flexibility index (Phi) is 4.87. The molecule has 2 N–H and O–H groups in total. The molecule has 0 spiro atoms. The fourth-order valence-corrected chi connectivity index (χ4v) is 3.64. The number of nitrogens with zero attached hydrogens (tertiary/aromatic N) is 1. The van der Waals surface area contributed by atoms with Gasteiger partial charge in [-0.3, -0.25) is 4.90 Å². The van der Waals surface area contributed by atoms with E-state index >= 15 is 0 Å². The zero-order chi connectivity index (χ0) is 12.3. The molecule has 0 radical (unpaired) electrons. The number of nitrogens with two attached hydrogens (primary N) is 1. The van der Waals surface area contributed by atoms with Crippen LogP contribution in [0.15, 0.2) is 0 Å². The van der Waals surface area contributed by atoms with Crippen molar-refractivity contribution in [3.8, 4) is 0 Å². The molecule has 0 aromatic carbocycles. The number of hydrogen-bond acceptors (Lipinski definition) is 2. The van der Waals surface area contributed by atoms with Crippen molar-refractivity contribution in [3.05, 3.63) is 0 Å². The molecule has 0 aliphatic heterocycles. The molecular formula is C15H30N2. The zero-order valence-corrected chi connectivity index (χ0v) is 11.7. The Labute approximate surface area is 107 Å². The highest BCUT2D eigenvalue weighted by Gasteiger charge is 2.35. The van der Waals surface area contributed by atoms with Crippen LogP contribution in [0.3, 0.4) is 0 Å². The van der Waals surface area contributed by atoms with Gasteiger partial charge in [-0.25, -0.2) is 0 Å². The third kappa shape index (κ3) is 3.23. The van der Waals surface area contributed by atoms with Crippen molar-refractivity contribution in [1.82, 2.24) is 4.90 Å². The normalized spacial score (nSPS) is 24.5. The first-order valence-corrected chi connectivity index (χ1v) is 7.68. The lowest BCUT2D eigenvalue weighted by Gasteiger charge is -2.44. The van der Waals surface area contributed by atoms with Gasteiger partial charge >= 0.3 is 0 Å². The van der Waals surface area contributed by atoms with Crippen molar-refractivity contribution in [2.75, 3.05) is 13.1 Å². The predicted octanol–water partition coefficient (Wildman–Crippen LogP) is 3.01. The summed E-state index contributed by atoms with van der Waals surface area (Å²) in [7, 11) is 0. The van der Waals surface area contributed by atoms with Gasteiger partial charge in [0.25, 0.3) is 0 Å². The van der Waals surface area contributed by atoms with Gasteiger partial charge in [0.2, 0.25) is 0 Å². The highest BCUT2D eigenvalue weighted by atomic mass is 15.2. The lowest BCUT2D eigenvalue weighted by molar-refractivity contribution is 0.0540. The van der Waals surface area contributed by atoms with Crippen LogP contribution in [0.25, 0.3) is 0 Å². The first-order chi connectivity index (χ1) is 8.22. The first-order valence-electron chi connectivity index (χ1n) is 7.68. The smallest absolute Gasteiger partial charge is 0.0249 e. The largest absolute Gasteiger partial charge is 0.329 e. The summed E-state index contributed by atoms with van der Waals surface area (Å²) in [5, 5.41) is 0. The average molecular weight is 238 g/mol. The number of rotatable bonds is 6. The SMILES string of the molecule is CC(C)CN(C1CCCC1)C(CN)C1CCC1. The Bertz CT molecular complexity index is 217. The summed E-state index contributed by atoms with van der Waals surface area (Å²) in [4.78, 5) is 2.79. The molecule has 1 atom stereocenters. The van der Waals surface area contributed by atoms with Gasteiger partial charge in [0, 0.05) is 25.2 Å². The Hall–Kier alpha value is -0.0800. The van der Waals surface area contributed by atoms with Crippen molar-refractivity contribution in [1.29, 1.82) is 0 Å². The third-order valence-corrected chi connectivity index (χ3v) is 4.73. The molecule has 2 nitrogen and oxygen atoms in total. The molecule has 100 valence electrons. The predicted molar refractivity (Wildman–Crippen MR) is 74.0 cm³/mol. The van der Waals surface area contributed by atoms with Crippen LogP contribution in [-0.2, 0) is 0 Å². The monoisotopic (exact) mass is 238 g/mol. The van der Waals surface area contributed by atoms with E-state index in [0.717, 1.165) is 24.4 Å². The van der Waals surface area contributed by atoms with Gasteiger partial charge in [-0.2, -0.15) is 0 Å². The quantitative estimate of drug-likeness (QED) is 0.771. The van der Waals surface area contributed by atoms with Crippen LogP contribution in [0.4, 0.5) is 0 Å². The second-order valence-corrected chi connectivity index (χ2v) is 6.52. The van der Waals surface area contributed by atoms with Gasteiger partial charge in [0.15, 0.2) is 0 Å². The topological polar surface area (TPSA) is 29.3 Å². The Morgan fingerprint density at radius 3 is 2.12 bits per heavy atom.